The van der Waals surface area contributed by atoms with E-state index in [2.05, 4.69) is 10.6 Å². The fraction of sp³-hybridized carbons (Fsp3) is 0.632. The van der Waals surface area contributed by atoms with Crippen LogP contribution in [0.3, 0.4) is 0 Å². The van der Waals surface area contributed by atoms with Crippen molar-refractivity contribution in [3.63, 3.8) is 0 Å². The maximum absolute atomic E-state index is 11.9. The predicted octanol–water partition coefficient (Wildman–Crippen LogP) is 3.67. The average Bonchev–Trinajstić information content (AvgIpc) is 3.04. The molecule has 24 heavy (non-hydrogen) atoms. The summed E-state index contributed by atoms with van der Waals surface area (Å²) in [7, 11) is 0. The van der Waals surface area contributed by atoms with Gasteiger partial charge in [-0.3, -0.25) is 0 Å². The minimum atomic E-state index is -0.585. The molecule has 1 fully saturated rings. The van der Waals surface area contributed by atoms with Crippen LogP contribution in [-0.2, 0) is 11.3 Å². The van der Waals surface area contributed by atoms with Gasteiger partial charge < -0.3 is 20.5 Å². The maximum Gasteiger partial charge on any atom is 0.319 e. The summed E-state index contributed by atoms with van der Waals surface area (Å²) in [5.41, 5.74) is 1.58. The smallest absolute Gasteiger partial charge is 0.319 e. The van der Waals surface area contributed by atoms with Crippen molar-refractivity contribution in [2.24, 2.45) is 5.41 Å². The Balaban J connectivity index is 1.73. The normalized spacial score (nSPS) is 16.8. The zero-order valence-electron chi connectivity index (χ0n) is 15.0. The number of amides is 2. The molecule has 0 heterocycles. The first-order chi connectivity index (χ1) is 11.3. The second kappa shape index (κ2) is 8.49. The molecule has 2 amide bonds. The summed E-state index contributed by atoms with van der Waals surface area (Å²) >= 11 is 0. The lowest BCUT2D eigenvalue weighted by molar-refractivity contribution is 0.0457. The highest BCUT2D eigenvalue weighted by molar-refractivity contribution is 5.89. The topological polar surface area (TPSA) is 70.6 Å². The molecule has 0 aromatic heterocycles. The van der Waals surface area contributed by atoms with Crippen LogP contribution in [0.25, 0.3) is 0 Å². The number of aliphatic hydroxyl groups excluding tert-OH is 1. The number of anilines is 1. The summed E-state index contributed by atoms with van der Waals surface area (Å²) in [5, 5.41) is 15.4. The van der Waals surface area contributed by atoms with Crippen molar-refractivity contribution in [2.45, 2.75) is 65.3 Å². The Kier molecular flexibility index (Phi) is 6.63. The van der Waals surface area contributed by atoms with Gasteiger partial charge in [0.2, 0.25) is 0 Å². The van der Waals surface area contributed by atoms with Crippen molar-refractivity contribution in [3.8, 4) is 0 Å². The third-order valence-corrected chi connectivity index (χ3v) is 4.46. The van der Waals surface area contributed by atoms with Gasteiger partial charge in [0.25, 0.3) is 0 Å². The highest BCUT2D eigenvalue weighted by Gasteiger charge is 2.22. The van der Waals surface area contributed by atoms with E-state index in [1.807, 2.05) is 45.0 Å². The van der Waals surface area contributed by atoms with Crippen LogP contribution >= 0.6 is 0 Å². The van der Waals surface area contributed by atoms with Gasteiger partial charge in [-0.25, -0.2) is 4.79 Å². The van der Waals surface area contributed by atoms with Crippen LogP contribution in [0.1, 0.15) is 52.0 Å². The van der Waals surface area contributed by atoms with Gasteiger partial charge in [-0.1, -0.05) is 45.7 Å². The Morgan fingerprint density at radius 3 is 2.46 bits per heavy atom. The van der Waals surface area contributed by atoms with E-state index < -0.39 is 6.10 Å². The van der Waals surface area contributed by atoms with E-state index in [9.17, 15) is 9.90 Å². The molecule has 5 heteroatoms. The molecule has 1 unspecified atom stereocenters. The quantitative estimate of drug-likeness (QED) is 0.743. The number of carbonyl (C=O) groups is 1. The maximum atomic E-state index is 11.9. The number of nitrogens with one attached hydrogen (secondary N) is 2. The molecule has 0 bridgehead atoms. The number of rotatable bonds is 6. The number of aliphatic hydroxyl groups is 1. The van der Waals surface area contributed by atoms with Gasteiger partial charge in [0.05, 0.1) is 18.8 Å². The van der Waals surface area contributed by atoms with Crippen LogP contribution in [0.5, 0.6) is 0 Å². The average molecular weight is 334 g/mol. The van der Waals surface area contributed by atoms with Crippen LogP contribution in [0.2, 0.25) is 0 Å². The lowest BCUT2D eigenvalue weighted by Gasteiger charge is -2.25. The number of benzene rings is 1. The summed E-state index contributed by atoms with van der Waals surface area (Å²) < 4.78 is 5.88. The number of urea groups is 1. The van der Waals surface area contributed by atoms with E-state index in [4.69, 9.17) is 4.74 Å². The summed E-state index contributed by atoms with van der Waals surface area (Å²) in [5.74, 6) is 0. The predicted molar refractivity (Wildman–Crippen MR) is 96.0 cm³/mol. The van der Waals surface area contributed by atoms with Crippen molar-refractivity contribution in [3.05, 3.63) is 29.8 Å². The van der Waals surface area contributed by atoms with Crippen molar-refractivity contribution in [1.29, 1.82) is 0 Å². The molecule has 0 spiro atoms. The molecule has 1 saturated carbocycles. The number of ether oxygens (including phenoxy) is 1. The monoisotopic (exact) mass is 334 g/mol. The van der Waals surface area contributed by atoms with E-state index >= 15 is 0 Å². The number of hydrogen-bond donors (Lipinski definition) is 3. The first kappa shape index (κ1) is 18.7. The van der Waals surface area contributed by atoms with Gasteiger partial charge in [-0.15, -0.1) is 0 Å². The van der Waals surface area contributed by atoms with Crippen LogP contribution in [0, 0.1) is 5.41 Å². The van der Waals surface area contributed by atoms with Gasteiger partial charge in [0.15, 0.2) is 0 Å². The molecular weight excluding hydrogens is 304 g/mol. The van der Waals surface area contributed by atoms with E-state index in [1.165, 1.54) is 25.7 Å². The molecule has 1 aromatic carbocycles. The van der Waals surface area contributed by atoms with Crippen LogP contribution in [-0.4, -0.2) is 29.9 Å². The Morgan fingerprint density at radius 1 is 1.25 bits per heavy atom. The molecule has 1 aliphatic carbocycles. The summed E-state index contributed by atoms with van der Waals surface area (Å²) in [6, 6.07) is 7.36. The Bertz CT molecular complexity index is 516. The minimum absolute atomic E-state index is 0.225. The Hall–Kier alpha value is -1.59. The number of carbonyl (C=O) groups excluding carboxylic acids is 1. The summed E-state index contributed by atoms with van der Waals surface area (Å²) in [4.78, 5) is 11.9. The lowest BCUT2D eigenvalue weighted by Crippen LogP contribution is -2.40. The van der Waals surface area contributed by atoms with E-state index in [0.29, 0.717) is 12.7 Å². The minimum Gasteiger partial charge on any atom is -0.391 e. The van der Waals surface area contributed by atoms with Crippen molar-refractivity contribution < 1.29 is 14.6 Å². The standard InChI is InChI=1S/C19H30N2O3/c1-19(2,3)17(22)12-20-18(23)21-15-10-8-14(9-11-15)13-24-16-6-4-5-7-16/h8-11,16-17,22H,4-7,12-13H2,1-3H3,(H2,20,21,23). The third kappa shape index (κ3) is 6.13. The van der Waals surface area contributed by atoms with Gasteiger partial charge in [-0.2, -0.15) is 0 Å². The second-order valence-corrected chi connectivity index (χ2v) is 7.63. The van der Waals surface area contributed by atoms with Gasteiger partial charge >= 0.3 is 6.03 Å². The molecule has 5 nitrogen and oxygen atoms in total. The first-order valence-electron chi connectivity index (χ1n) is 8.78. The Morgan fingerprint density at radius 2 is 1.88 bits per heavy atom. The van der Waals surface area contributed by atoms with Crippen LogP contribution in [0.4, 0.5) is 10.5 Å². The van der Waals surface area contributed by atoms with Gasteiger partial charge in [-0.05, 0) is 36.0 Å². The largest absolute Gasteiger partial charge is 0.391 e. The van der Waals surface area contributed by atoms with E-state index in [0.717, 1.165) is 11.3 Å². The molecule has 0 saturated heterocycles. The number of hydrogen-bond acceptors (Lipinski definition) is 3. The Labute approximate surface area is 144 Å². The molecule has 0 aliphatic heterocycles. The van der Waals surface area contributed by atoms with Crippen LogP contribution in [0.15, 0.2) is 24.3 Å². The third-order valence-electron chi connectivity index (χ3n) is 4.46. The fourth-order valence-corrected chi connectivity index (χ4v) is 2.62. The molecular formula is C19H30N2O3. The molecule has 1 aromatic rings. The van der Waals surface area contributed by atoms with E-state index in [-0.39, 0.29) is 18.0 Å². The summed E-state index contributed by atoms with van der Waals surface area (Å²) in [6.07, 6.45) is 4.70. The molecule has 1 aliphatic rings. The zero-order chi connectivity index (χ0) is 17.6. The lowest BCUT2D eigenvalue weighted by atomic mass is 9.89. The van der Waals surface area contributed by atoms with Gasteiger partial charge in [0, 0.05) is 12.2 Å². The van der Waals surface area contributed by atoms with Gasteiger partial charge in [0.1, 0.15) is 0 Å². The highest BCUT2D eigenvalue weighted by Crippen LogP contribution is 2.22. The SMILES string of the molecule is CC(C)(C)C(O)CNC(=O)Nc1ccc(COC2CCCC2)cc1. The van der Waals surface area contributed by atoms with Crippen molar-refractivity contribution >= 4 is 11.7 Å². The molecule has 134 valence electrons. The second-order valence-electron chi connectivity index (χ2n) is 7.63. The molecule has 2 rings (SSSR count). The first-order valence-corrected chi connectivity index (χ1v) is 8.78. The highest BCUT2D eigenvalue weighted by atomic mass is 16.5. The molecule has 1 atom stereocenters. The zero-order valence-corrected chi connectivity index (χ0v) is 15.0. The summed E-state index contributed by atoms with van der Waals surface area (Å²) in [6.45, 7) is 6.65. The molecule has 3 N–H and O–H groups in total. The van der Waals surface area contributed by atoms with Crippen molar-refractivity contribution in [2.75, 3.05) is 11.9 Å². The van der Waals surface area contributed by atoms with E-state index in [1.54, 1.807) is 0 Å². The fourth-order valence-electron chi connectivity index (χ4n) is 2.62. The van der Waals surface area contributed by atoms with Crippen LogP contribution < -0.4 is 10.6 Å². The van der Waals surface area contributed by atoms with Crippen molar-refractivity contribution in [1.82, 2.24) is 5.32 Å². The molecule has 0 radical (unpaired) electrons.